The number of rotatable bonds is 4. The van der Waals surface area contributed by atoms with Crippen LogP contribution < -0.4 is 10.5 Å². The first-order valence-electron chi connectivity index (χ1n) is 5.66. The second-order valence-electron chi connectivity index (χ2n) is 4.10. The molecule has 1 atom stereocenters. The topological polar surface area (TPSA) is 68.3 Å². The van der Waals surface area contributed by atoms with Gasteiger partial charge in [0.15, 0.2) is 11.6 Å². The molecule has 2 rings (SSSR count). The van der Waals surface area contributed by atoms with E-state index in [1.807, 2.05) is 0 Å². The van der Waals surface area contributed by atoms with Crippen molar-refractivity contribution in [2.75, 3.05) is 13.2 Å². The maximum absolute atomic E-state index is 13.9. The molecule has 3 N–H and O–H groups in total. The number of nitrogen functional groups attached to an aromatic ring is 1. The molecule has 1 heterocycles. The number of amidine groups is 1. The van der Waals surface area contributed by atoms with E-state index in [1.54, 1.807) is 6.07 Å². The van der Waals surface area contributed by atoms with Gasteiger partial charge in [0, 0.05) is 12.2 Å². The van der Waals surface area contributed by atoms with Crippen LogP contribution in [0.3, 0.4) is 0 Å². The molecule has 4 nitrogen and oxygen atoms in total. The van der Waals surface area contributed by atoms with Crippen LogP contribution in [-0.2, 0) is 4.74 Å². The minimum atomic E-state index is -0.541. The molecule has 0 aliphatic carbocycles. The van der Waals surface area contributed by atoms with E-state index in [1.165, 1.54) is 6.07 Å². The molecular formula is C12H14BrFN2O2. The van der Waals surface area contributed by atoms with Crippen molar-refractivity contribution in [2.45, 2.75) is 18.9 Å². The van der Waals surface area contributed by atoms with Crippen LogP contribution in [0.15, 0.2) is 16.6 Å². The molecule has 6 heteroatoms. The Balaban J connectivity index is 2.09. The lowest BCUT2D eigenvalue weighted by Crippen LogP contribution is -2.17. The summed E-state index contributed by atoms with van der Waals surface area (Å²) in [6, 6.07) is 3.03. The predicted molar refractivity (Wildman–Crippen MR) is 69.6 cm³/mol. The standard InChI is InChI=1S/C12H14BrFN2O2/c13-10-8(12(15)16)3-4-9(11(10)14)18-6-7-2-1-5-17-7/h3-4,7H,1-2,5-6H2,(H3,15,16). The van der Waals surface area contributed by atoms with Crippen LogP contribution in [0.5, 0.6) is 5.75 Å². The maximum atomic E-state index is 13.9. The Morgan fingerprint density at radius 3 is 3.00 bits per heavy atom. The lowest BCUT2D eigenvalue weighted by Gasteiger charge is -2.13. The van der Waals surface area contributed by atoms with Gasteiger partial charge >= 0.3 is 0 Å². The predicted octanol–water partition coefficient (Wildman–Crippen LogP) is 2.43. The van der Waals surface area contributed by atoms with Gasteiger partial charge in [-0.25, -0.2) is 4.39 Å². The lowest BCUT2D eigenvalue weighted by atomic mass is 10.2. The fourth-order valence-electron chi connectivity index (χ4n) is 1.81. The Kier molecular flexibility index (Phi) is 4.19. The summed E-state index contributed by atoms with van der Waals surface area (Å²) < 4.78 is 24.9. The van der Waals surface area contributed by atoms with E-state index in [2.05, 4.69) is 15.9 Å². The fraction of sp³-hybridized carbons (Fsp3) is 0.417. The van der Waals surface area contributed by atoms with Crippen LogP contribution in [0.2, 0.25) is 0 Å². The zero-order chi connectivity index (χ0) is 13.1. The van der Waals surface area contributed by atoms with Gasteiger partial charge in [-0.05, 0) is 40.9 Å². The molecule has 1 unspecified atom stereocenters. The van der Waals surface area contributed by atoms with Gasteiger partial charge in [0.2, 0.25) is 0 Å². The van der Waals surface area contributed by atoms with Crippen LogP contribution >= 0.6 is 15.9 Å². The van der Waals surface area contributed by atoms with Crippen molar-refractivity contribution in [3.8, 4) is 5.75 Å². The highest BCUT2D eigenvalue weighted by atomic mass is 79.9. The van der Waals surface area contributed by atoms with Gasteiger partial charge < -0.3 is 15.2 Å². The van der Waals surface area contributed by atoms with Crippen molar-refractivity contribution in [3.63, 3.8) is 0 Å². The van der Waals surface area contributed by atoms with Crippen molar-refractivity contribution in [3.05, 3.63) is 28.0 Å². The zero-order valence-corrected chi connectivity index (χ0v) is 11.3. The van der Waals surface area contributed by atoms with E-state index in [9.17, 15) is 4.39 Å². The minimum Gasteiger partial charge on any atom is -0.488 e. The molecule has 1 aliphatic heterocycles. The van der Waals surface area contributed by atoms with Crippen molar-refractivity contribution < 1.29 is 13.9 Å². The summed E-state index contributed by atoms with van der Waals surface area (Å²) in [6.07, 6.45) is 1.99. The maximum Gasteiger partial charge on any atom is 0.179 e. The summed E-state index contributed by atoms with van der Waals surface area (Å²) in [5.41, 5.74) is 5.65. The van der Waals surface area contributed by atoms with Crippen LogP contribution in [0, 0.1) is 11.2 Å². The Morgan fingerprint density at radius 2 is 2.39 bits per heavy atom. The molecular weight excluding hydrogens is 303 g/mol. The van der Waals surface area contributed by atoms with Gasteiger partial charge in [-0.1, -0.05) is 0 Å². The third-order valence-electron chi connectivity index (χ3n) is 2.79. The SMILES string of the molecule is N=C(N)c1ccc(OCC2CCCO2)c(F)c1Br. The molecule has 0 radical (unpaired) electrons. The number of benzene rings is 1. The number of nitrogens with one attached hydrogen (secondary N) is 1. The smallest absolute Gasteiger partial charge is 0.179 e. The summed E-state index contributed by atoms with van der Waals surface area (Å²) in [6.45, 7) is 1.08. The van der Waals surface area contributed by atoms with E-state index in [-0.39, 0.29) is 22.2 Å². The summed E-state index contributed by atoms with van der Waals surface area (Å²) in [5.74, 6) is -0.588. The molecule has 98 valence electrons. The molecule has 0 aromatic heterocycles. The average Bonchev–Trinajstić information content (AvgIpc) is 2.83. The molecule has 0 spiro atoms. The van der Waals surface area contributed by atoms with E-state index < -0.39 is 5.82 Å². The van der Waals surface area contributed by atoms with Gasteiger partial charge in [-0.15, -0.1) is 0 Å². The number of nitrogens with two attached hydrogens (primary N) is 1. The molecule has 0 amide bonds. The van der Waals surface area contributed by atoms with Crippen LogP contribution in [-0.4, -0.2) is 25.2 Å². The second-order valence-corrected chi connectivity index (χ2v) is 4.89. The van der Waals surface area contributed by atoms with E-state index >= 15 is 0 Å². The summed E-state index contributed by atoms with van der Waals surface area (Å²) in [5, 5.41) is 7.30. The summed E-state index contributed by atoms with van der Waals surface area (Å²) in [4.78, 5) is 0. The number of ether oxygens (including phenoxy) is 2. The molecule has 1 aromatic carbocycles. The average molecular weight is 317 g/mol. The second kappa shape index (κ2) is 5.67. The van der Waals surface area contributed by atoms with Crippen LogP contribution in [0.25, 0.3) is 0 Å². The first kappa shape index (κ1) is 13.3. The van der Waals surface area contributed by atoms with Crippen LogP contribution in [0.1, 0.15) is 18.4 Å². The Bertz CT molecular complexity index is 462. The van der Waals surface area contributed by atoms with Crippen molar-refractivity contribution in [1.29, 1.82) is 5.41 Å². The Labute approximate surface area is 113 Å². The van der Waals surface area contributed by atoms with Crippen molar-refractivity contribution in [1.82, 2.24) is 0 Å². The third kappa shape index (κ3) is 2.81. The zero-order valence-electron chi connectivity index (χ0n) is 9.71. The van der Waals surface area contributed by atoms with Gasteiger partial charge in [0.25, 0.3) is 0 Å². The molecule has 18 heavy (non-hydrogen) atoms. The van der Waals surface area contributed by atoms with E-state index in [4.69, 9.17) is 20.6 Å². The van der Waals surface area contributed by atoms with Gasteiger partial charge in [0.05, 0.1) is 10.6 Å². The third-order valence-corrected chi connectivity index (χ3v) is 3.56. The first-order chi connectivity index (χ1) is 8.59. The monoisotopic (exact) mass is 316 g/mol. The molecule has 1 fully saturated rings. The highest BCUT2D eigenvalue weighted by Crippen LogP contribution is 2.29. The Hall–Kier alpha value is -1.14. The highest BCUT2D eigenvalue weighted by molar-refractivity contribution is 9.10. The minimum absolute atomic E-state index is 0.0376. The van der Waals surface area contributed by atoms with Gasteiger partial charge in [0.1, 0.15) is 12.4 Å². The van der Waals surface area contributed by atoms with Crippen LogP contribution in [0.4, 0.5) is 4.39 Å². The van der Waals surface area contributed by atoms with Gasteiger partial charge in [-0.2, -0.15) is 0 Å². The highest BCUT2D eigenvalue weighted by Gasteiger charge is 2.18. The van der Waals surface area contributed by atoms with E-state index in [0.29, 0.717) is 12.2 Å². The first-order valence-corrected chi connectivity index (χ1v) is 6.45. The summed E-state index contributed by atoms with van der Waals surface area (Å²) in [7, 11) is 0. The molecule has 1 aromatic rings. The van der Waals surface area contributed by atoms with Gasteiger partial charge in [-0.3, -0.25) is 5.41 Å². The fourth-order valence-corrected chi connectivity index (χ4v) is 2.35. The Morgan fingerprint density at radius 1 is 1.61 bits per heavy atom. The lowest BCUT2D eigenvalue weighted by molar-refractivity contribution is 0.0665. The number of hydrogen-bond acceptors (Lipinski definition) is 3. The normalized spacial score (nSPS) is 18.9. The number of hydrogen-bond donors (Lipinski definition) is 2. The van der Waals surface area contributed by atoms with E-state index in [0.717, 1.165) is 19.4 Å². The number of halogens is 2. The quantitative estimate of drug-likeness (QED) is 0.662. The van der Waals surface area contributed by atoms with Crippen molar-refractivity contribution >= 4 is 21.8 Å². The largest absolute Gasteiger partial charge is 0.488 e. The summed E-state index contributed by atoms with van der Waals surface area (Å²) >= 11 is 3.08. The van der Waals surface area contributed by atoms with Crippen molar-refractivity contribution in [2.24, 2.45) is 5.73 Å². The molecule has 1 saturated heterocycles. The molecule has 0 bridgehead atoms. The molecule has 1 aliphatic rings. The molecule has 0 saturated carbocycles.